The van der Waals surface area contributed by atoms with Crippen LogP contribution >= 0.6 is 0 Å². The topological polar surface area (TPSA) is 381 Å². The largest absolute Gasteiger partial charge is 0.508 e. The molecule has 0 spiro atoms. The number of nitrogens with zero attached hydrogens (tertiary/aromatic N) is 1. The fourth-order valence-corrected chi connectivity index (χ4v) is 9.10. The average molecular weight is 919 g/mol. The van der Waals surface area contributed by atoms with Crippen LogP contribution in [0.1, 0.15) is 45.6 Å². The van der Waals surface area contributed by atoms with Crippen LogP contribution in [-0.4, -0.2) is 168 Å². The Morgan fingerprint density at radius 2 is 1.55 bits per heavy atom. The Bertz CT molecular complexity index is 2200. The van der Waals surface area contributed by atoms with Gasteiger partial charge in [0.15, 0.2) is 0 Å². The molecule has 11 atom stereocenters. The first kappa shape index (κ1) is 48.8. The Morgan fingerprint density at radius 3 is 2.20 bits per heavy atom. The van der Waals surface area contributed by atoms with E-state index in [1.54, 1.807) is 13.8 Å². The molecular weight excluding hydrogens is 865 g/mol. The summed E-state index contributed by atoms with van der Waals surface area (Å²) in [6.45, 7) is 1.76. The van der Waals surface area contributed by atoms with Gasteiger partial charge in [-0.3, -0.25) is 47.4 Å². The molecule has 25 heteroatoms. The van der Waals surface area contributed by atoms with Crippen molar-refractivity contribution < 1.29 is 67.8 Å². The second-order valence-corrected chi connectivity index (χ2v) is 17.6. The molecule has 4 heterocycles. The van der Waals surface area contributed by atoms with Crippen LogP contribution in [-0.2, 0) is 60.4 Å². The van der Waals surface area contributed by atoms with Gasteiger partial charge in [-0.25, -0.2) is 0 Å². The van der Waals surface area contributed by atoms with Crippen molar-refractivity contribution in [2.75, 3.05) is 32.0 Å². The van der Waals surface area contributed by atoms with Gasteiger partial charge in [-0.15, -0.1) is 0 Å². The summed E-state index contributed by atoms with van der Waals surface area (Å²) in [5.41, 5.74) is 5.73. The number of carbonyl (C=O) groups is 9. The Morgan fingerprint density at radius 1 is 0.875 bits per heavy atom. The summed E-state index contributed by atoms with van der Waals surface area (Å²) >= 11 is 0. The van der Waals surface area contributed by atoms with Gasteiger partial charge in [-0.05, 0) is 23.6 Å². The van der Waals surface area contributed by atoms with E-state index in [4.69, 9.17) is 5.73 Å². The van der Waals surface area contributed by atoms with Crippen LogP contribution in [0.3, 0.4) is 0 Å². The molecule has 2 bridgehead atoms. The fourth-order valence-electron chi connectivity index (χ4n) is 7.70. The smallest absolute Gasteiger partial charge is 0.246 e. The van der Waals surface area contributed by atoms with Crippen molar-refractivity contribution in [3.05, 3.63) is 23.8 Å². The molecule has 24 nitrogen and oxygen atoms in total. The van der Waals surface area contributed by atoms with Gasteiger partial charge in [0.05, 0.1) is 60.4 Å². The Hall–Kier alpha value is -6.18. The molecule has 1 aromatic heterocycles. The average Bonchev–Trinajstić information content (AvgIpc) is 3.82. The van der Waals surface area contributed by atoms with Crippen LogP contribution in [0.15, 0.2) is 23.2 Å². The Kier molecular flexibility index (Phi) is 16.0. The number of rotatable bonds is 7. The fraction of sp³-hybridized carbons (Fsp3) is 0.564. The second kappa shape index (κ2) is 21.0. The molecule has 0 aliphatic carbocycles. The predicted octanol–water partition coefficient (Wildman–Crippen LogP) is -5.92. The number of amides is 9. The van der Waals surface area contributed by atoms with Crippen molar-refractivity contribution in [1.82, 2.24) is 47.1 Å². The number of aliphatic hydroxyl groups is 3. The summed E-state index contributed by atoms with van der Waals surface area (Å²) in [6.07, 6.45) is -4.42. The van der Waals surface area contributed by atoms with Crippen LogP contribution in [0.4, 0.5) is 0 Å². The number of aromatic amines is 1. The maximum Gasteiger partial charge on any atom is 0.246 e. The summed E-state index contributed by atoms with van der Waals surface area (Å²) in [4.78, 5) is 127. The highest BCUT2D eigenvalue weighted by Gasteiger charge is 2.45. The molecule has 7 unspecified atom stereocenters. The quantitative estimate of drug-likeness (QED) is 0.123. The van der Waals surface area contributed by atoms with E-state index in [-0.39, 0.29) is 27.2 Å². The number of nitrogens with one attached hydrogen (secondary N) is 8. The van der Waals surface area contributed by atoms with Crippen LogP contribution < -0.4 is 43.0 Å². The second-order valence-electron chi connectivity index (χ2n) is 16.1. The summed E-state index contributed by atoms with van der Waals surface area (Å²) in [7, 11) is -2.38. The lowest BCUT2D eigenvalue weighted by Crippen LogP contribution is -2.62. The van der Waals surface area contributed by atoms with Crippen molar-refractivity contribution in [3.8, 4) is 5.75 Å². The van der Waals surface area contributed by atoms with E-state index in [2.05, 4.69) is 42.2 Å². The SMILES string of the molecule is CCC(C)C1NC(=O)CNC(=O)[C@H]2Cc3c([nH]c4cc(O)ccc34)S(=O)C[C@H](NC(=O)CNC1=O)C(=O)N[C@H](CC(N)=O)C(=O)N1CC(O)CC1C(=O)N[C@@H](C(C)C(O)CO)C(=O)N2. The molecule has 0 saturated carbocycles. The number of phenols is 1. The molecule has 1 fully saturated rings. The van der Waals surface area contributed by atoms with Crippen LogP contribution in [0.25, 0.3) is 10.9 Å². The molecular formula is C39H54N10O14S. The van der Waals surface area contributed by atoms with Gasteiger partial charge in [-0.2, -0.15) is 0 Å². The maximum absolute atomic E-state index is 14.6. The van der Waals surface area contributed by atoms with Crippen molar-refractivity contribution in [2.24, 2.45) is 17.6 Å². The zero-order chi connectivity index (χ0) is 47.2. The normalized spacial score (nSPS) is 28.5. The maximum atomic E-state index is 14.6. The molecule has 14 N–H and O–H groups in total. The van der Waals surface area contributed by atoms with Crippen molar-refractivity contribution in [3.63, 3.8) is 0 Å². The number of carbonyl (C=O) groups excluding carboxylic acids is 9. The number of hydrogen-bond donors (Lipinski definition) is 13. The van der Waals surface area contributed by atoms with E-state index in [0.29, 0.717) is 6.42 Å². The number of H-pyrrole nitrogens is 1. The highest BCUT2D eigenvalue weighted by molar-refractivity contribution is 7.85. The number of phenolic OH excluding ortho intramolecular Hbond substituents is 1. The summed E-state index contributed by atoms with van der Waals surface area (Å²) in [6, 6.07) is -5.99. The van der Waals surface area contributed by atoms with Gasteiger partial charge >= 0.3 is 0 Å². The first-order chi connectivity index (χ1) is 30.2. The standard InChI is InChI=1S/C39H54N10O14S/c1-4-16(2)31-36(60)42-11-29(55)43-25-15-64(63)38-21(20-6-5-18(51)7-22(20)46-38)9-23(33(57)41-12-30(56)47-31)44-37(61)32(17(3)27(53)14-50)48-35(59)26-8-19(52)13-49(26)39(62)24(10-28(40)54)45-34(25)58/h5-7,16-17,19,23-27,31-32,46,50-53H,4,8-15H2,1-3H3,(H2,40,54)(H,41,57)(H,42,60)(H,43,55)(H,44,61)(H,45,58)(H,47,56)(H,48,59)/t16?,17?,19?,23-,24-,25+,26?,27?,31?,32+,64?/m1/s1. The third-order valence-electron chi connectivity index (χ3n) is 11.5. The Labute approximate surface area is 368 Å². The lowest BCUT2D eigenvalue weighted by Gasteiger charge is -2.32. The number of fused-ring (bicyclic) bond motifs is 5. The first-order valence-electron chi connectivity index (χ1n) is 20.6. The third kappa shape index (κ3) is 11.5. The van der Waals surface area contributed by atoms with Gasteiger partial charge < -0.3 is 73.3 Å². The van der Waals surface area contributed by atoms with E-state index in [9.17, 15) is 67.8 Å². The van der Waals surface area contributed by atoms with E-state index >= 15 is 0 Å². The van der Waals surface area contributed by atoms with E-state index in [1.165, 1.54) is 25.1 Å². The monoisotopic (exact) mass is 918 g/mol. The molecule has 9 amide bonds. The van der Waals surface area contributed by atoms with Gasteiger partial charge in [-0.1, -0.05) is 27.2 Å². The minimum absolute atomic E-state index is 0.0800. The molecule has 1 aromatic carbocycles. The lowest BCUT2D eigenvalue weighted by molar-refractivity contribution is -0.144. The predicted molar refractivity (Wildman–Crippen MR) is 222 cm³/mol. The highest BCUT2D eigenvalue weighted by atomic mass is 32.2. The minimum Gasteiger partial charge on any atom is -0.508 e. The lowest BCUT2D eigenvalue weighted by atomic mass is 9.93. The van der Waals surface area contributed by atoms with Crippen molar-refractivity contribution in [2.45, 2.75) is 99.9 Å². The number of benzene rings is 1. The van der Waals surface area contributed by atoms with E-state index in [1.807, 2.05) is 0 Å². The van der Waals surface area contributed by atoms with E-state index < -0.39 is 176 Å². The summed E-state index contributed by atoms with van der Waals surface area (Å²) in [5, 5.41) is 58.8. The van der Waals surface area contributed by atoms with Crippen molar-refractivity contribution >= 4 is 74.9 Å². The van der Waals surface area contributed by atoms with E-state index in [0.717, 1.165) is 4.90 Å². The zero-order valence-electron chi connectivity index (χ0n) is 35.2. The van der Waals surface area contributed by atoms with Crippen LogP contribution in [0.2, 0.25) is 0 Å². The number of aromatic hydroxyl groups is 1. The number of aliphatic hydroxyl groups excluding tert-OH is 3. The van der Waals surface area contributed by atoms with Gasteiger partial charge in [0.25, 0.3) is 0 Å². The molecule has 3 aliphatic rings. The van der Waals surface area contributed by atoms with Gasteiger partial charge in [0.2, 0.25) is 53.2 Å². The van der Waals surface area contributed by atoms with Crippen molar-refractivity contribution in [1.29, 1.82) is 0 Å². The summed E-state index contributed by atoms with van der Waals surface area (Å²) in [5.74, 6) is -12.1. The summed E-state index contributed by atoms with van der Waals surface area (Å²) < 4.78 is 14.6. The number of nitrogens with two attached hydrogens (primary N) is 1. The minimum atomic E-state index is -2.38. The molecule has 3 aliphatic heterocycles. The molecule has 1 saturated heterocycles. The number of aromatic nitrogens is 1. The number of hydrogen-bond acceptors (Lipinski definition) is 14. The molecule has 350 valence electrons. The zero-order valence-corrected chi connectivity index (χ0v) is 36.0. The van der Waals surface area contributed by atoms with Crippen LogP contribution in [0, 0.1) is 11.8 Å². The molecule has 5 rings (SSSR count). The van der Waals surface area contributed by atoms with Gasteiger partial charge in [0, 0.05) is 36.8 Å². The number of primary amides is 1. The molecule has 0 radical (unpaired) electrons. The van der Waals surface area contributed by atoms with Crippen LogP contribution in [0.5, 0.6) is 5.75 Å². The van der Waals surface area contributed by atoms with Gasteiger partial charge in [0.1, 0.15) is 47.0 Å². The highest BCUT2D eigenvalue weighted by Crippen LogP contribution is 2.30. The molecule has 64 heavy (non-hydrogen) atoms. The Balaban J connectivity index is 1.73. The first-order valence-corrected chi connectivity index (χ1v) is 21.9. The third-order valence-corrected chi connectivity index (χ3v) is 13.0. The molecule has 2 aromatic rings.